The number of Topliss-reactive ketones (excluding diaryl/α,β-unsaturated/α-hetero) is 1. The molecule has 0 aliphatic heterocycles. The Bertz CT molecular complexity index is 256. The van der Waals surface area contributed by atoms with Crippen molar-refractivity contribution in [1.29, 1.82) is 0 Å². The first-order valence-electron chi connectivity index (χ1n) is 6.47. The van der Waals surface area contributed by atoms with E-state index in [0.717, 1.165) is 6.42 Å². The molecule has 1 rings (SSSR count). The summed E-state index contributed by atoms with van der Waals surface area (Å²) in [5, 5.41) is 0. The van der Waals surface area contributed by atoms with Crippen LogP contribution in [-0.2, 0) is 9.32 Å². The number of halogens is 1. The van der Waals surface area contributed by atoms with Gasteiger partial charge in [0.15, 0.2) is 0 Å². The van der Waals surface area contributed by atoms with Crippen molar-refractivity contribution >= 4 is 34.3 Å². The first-order valence-corrected chi connectivity index (χ1v) is 10.5. The van der Waals surface area contributed by atoms with E-state index in [1.807, 2.05) is 0 Å². The molecule has 1 saturated carbocycles. The molecule has 1 fully saturated rings. The largest absolute Gasteiger partial charge is 0.348 e. The molecule has 3 atom stereocenters. The molecule has 0 aromatic rings. The molecule has 0 amide bonds. The van der Waals surface area contributed by atoms with Crippen LogP contribution in [0.5, 0.6) is 0 Å². The number of allylic oxidation sites excluding steroid dienone is 1. The van der Waals surface area contributed by atoms with Crippen LogP contribution in [0.1, 0.15) is 51.9 Å². The lowest BCUT2D eigenvalue weighted by atomic mass is 10.0. The predicted molar refractivity (Wildman–Crippen MR) is 82.8 cm³/mol. The lowest BCUT2D eigenvalue weighted by molar-refractivity contribution is -0.117. The Hall–Kier alpha value is 0.530. The van der Waals surface area contributed by atoms with Crippen molar-refractivity contribution < 1.29 is 9.32 Å². The second-order valence-electron chi connectivity index (χ2n) is 4.62. The standard InChI is InChI=1S/C13H22IO2P/c1-2-3-4-5-6-7-8-11-9-12(15)10-13(11)16-17-14/h7-8,11,13,17H,2-6,9-10H2,1H3/b8-7+. The van der Waals surface area contributed by atoms with Crippen LogP contribution < -0.4 is 0 Å². The number of hydrogen-bond donors (Lipinski definition) is 0. The summed E-state index contributed by atoms with van der Waals surface area (Å²) in [5.74, 6) is 0.682. The van der Waals surface area contributed by atoms with Crippen LogP contribution in [0.25, 0.3) is 0 Å². The lowest BCUT2D eigenvalue weighted by Crippen LogP contribution is -2.11. The molecular weight excluding hydrogens is 346 g/mol. The molecule has 0 heterocycles. The Morgan fingerprint density at radius 3 is 2.94 bits per heavy atom. The molecule has 1 aliphatic rings. The van der Waals surface area contributed by atoms with Crippen LogP contribution in [0, 0.1) is 5.92 Å². The van der Waals surface area contributed by atoms with Crippen LogP contribution in [-0.4, -0.2) is 11.9 Å². The van der Waals surface area contributed by atoms with Gasteiger partial charge in [-0.2, -0.15) is 0 Å². The average Bonchev–Trinajstić information content (AvgIpc) is 2.65. The van der Waals surface area contributed by atoms with Gasteiger partial charge in [0.25, 0.3) is 0 Å². The Morgan fingerprint density at radius 1 is 1.41 bits per heavy atom. The van der Waals surface area contributed by atoms with E-state index in [-0.39, 0.29) is 6.10 Å². The maximum atomic E-state index is 11.4. The van der Waals surface area contributed by atoms with Gasteiger partial charge in [0.1, 0.15) is 5.78 Å². The third-order valence-electron chi connectivity index (χ3n) is 3.17. The van der Waals surface area contributed by atoms with Crippen molar-refractivity contribution in [2.75, 3.05) is 0 Å². The number of carbonyl (C=O) groups excluding carboxylic acids is 1. The predicted octanol–water partition coefficient (Wildman–Crippen LogP) is 4.82. The number of rotatable bonds is 8. The van der Waals surface area contributed by atoms with Crippen molar-refractivity contribution in [1.82, 2.24) is 0 Å². The summed E-state index contributed by atoms with van der Waals surface area (Å²) in [6, 6.07) is 0. The highest BCUT2D eigenvalue weighted by atomic mass is 127. The van der Waals surface area contributed by atoms with Crippen LogP contribution in [0.2, 0.25) is 0 Å². The molecule has 98 valence electrons. The normalized spacial score (nSPS) is 25.6. The second-order valence-corrected chi connectivity index (χ2v) is 6.33. The van der Waals surface area contributed by atoms with Crippen LogP contribution in [0.4, 0.5) is 0 Å². The quantitative estimate of drug-likeness (QED) is 0.266. The molecular formula is C13H22IO2P. The summed E-state index contributed by atoms with van der Waals surface area (Å²) in [4.78, 5) is 11.4. The highest BCUT2D eigenvalue weighted by Gasteiger charge is 2.31. The number of unbranched alkanes of at least 4 members (excludes halogenated alkanes) is 4. The fraction of sp³-hybridized carbons (Fsp3) is 0.769. The number of carbonyl (C=O) groups is 1. The minimum Gasteiger partial charge on any atom is -0.348 e. The Labute approximate surface area is 119 Å². The summed E-state index contributed by atoms with van der Waals surface area (Å²) in [6.45, 7) is 2.69. The number of ketones is 1. The molecule has 4 heteroatoms. The van der Waals surface area contributed by atoms with E-state index < -0.39 is 0 Å². The van der Waals surface area contributed by atoms with Gasteiger partial charge < -0.3 is 4.52 Å². The van der Waals surface area contributed by atoms with Crippen LogP contribution in [0.15, 0.2) is 12.2 Å². The van der Waals surface area contributed by atoms with Gasteiger partial charge in [-0.05, 0) is 34.9 Å². The van der Waals surface area contributed by atoms with E-state index in [4.69, 9.17) is 4.52 Å². The van der Waals surface area contributed by atoms with E-state index in [0.29, 0.717) is 31.0 Å². The zero-order valence-electron chi connectivity index (χ0n) is 10.5. The van der Waals surface area contributed by atoms with E-state index in [9.17, 15) is 4.79 Å². The maximum Gasteiger partial charge on any atom is 0.136 e. The van der Waals surface area contributed by atoms with Gasteiger partial charge in [-0.15, -0.1) is 0 Å². The minimum atomic E-state index is 0.143. The lowest BCUT2D eigenvalue weighted by Gasteiger charge is -2.13. The van der Waals surface area contributed by atoms with Crippen molar-refractivity contribution in [2.45, 2.75) is 58.0 Å². The molecule has 0 radical (unpaired) electrons. The summed E-state index contributed by atoms with van der Waals surface area (Å²) >= 11 is 2.22. The molecule has 17 heavy (non-hydrogen) atoms. The highest BCUT2D eigenvalue weighted by Crippen LogP contribution is 2.35. The van der Waals surface area contributed by atoms with Crippen molar-refractivity contribution in [2.24, 2.45) is 5.92 Å². The van der Waals surface area contributed by atoms with E-state index in [1.54, 1.807) is 0 Å². The second kappa shape index (κ2) is 9.46. The van der Waals surface area contributed by atoms with E-state index in [2.05, 4.69) is 41.1 Å². The molecule has 2 nitrogen and oxygen atoms in total. The van der Waals surface area contributed by atoms with Gasteiger partial charge >= 0.3 is 0 Å². The SMILES string of the molecule is CCCCCC/C=C/C1CC(=O)CC1OPI. The fourth-order valence-corrected chi connectivity index (χ4v) is 3.54. The fourth-order valence-electron chi connectivity index (χ4n) is 2.19. The van der Waals surface area contributed by atoms with Gasteiger partial charge in [0.2, 0.25) is 0 Å². The summed E-state index contributed by atoms with van der Waals surface area (Å²) in [5.41, 5.74) is 0. The zero-order chi connectivity index (χ0) is 12.5. The minimum absolute atomic E-state index is 0.143. The third kappa shape index (κ3) is 6.30. The zero-order valence-corrected chi connectivity index (χ0v) is 13.6. The topological polar surface area (TPSA) is 26.3 Å². The van der Waals surface area contributed by atoms with Crippen molar-refractivity contribution in [3.63, 3.8) is 0 Å². The van der Waals surface area contributed by atoms with E-state index >= 15 is 0 Å². The first-order chi connectivity index (χ1) is 8.27. The van der Waals surface area contributed by atoms with Crippen molar-refractivity contribution in [3.05, 3.63) is 12.2 Å². The highest BCUT2D eigenvalue weighted by molar-refractivity contribution is 14.2. The molecule has 3 unspecified atom stereocenters. The van der Waals surface area contributed by atoms with Crippen molar-refractivity contribution in [3.8, 4) is 0 Å². The smallest absolute Gasteiger partial charge is 0.136 e. The third-order valence-corrected chi connectivity index (χ3v) is 4.33. The molecule has 1 aliphatic carbocycles. The van der Waals surface area contributed by atoms with Gasteiger partial charge in [-0.25, -0.2) is 0 Å². The van der Waals surface area contributed by atoms with Gasteiger partial charge in [0.05, 0.1) is 12.6 Å². The van der Waals surface area contributed by atoms with Gasteiger partial charge in [0, 0.05) is 18.8 Å². The molecule has 0 saturated heterocycles. The molecule has 0 aromatic carbocycles. The summed E-state index contributed by atoms with van der Waals surface area (Å²) < 4.78 is 5.62. The monoisotopic (exact) mass is 368 g/mol. The molecule has 0 bridgehead atoms. The first kappa shape index (κ1) is 15.6. The van der Waals surface area contributed by atoms with E-state index in [1.165, 1.54) is 25.7 Å². The Morgan fingerprint density at radius 2 is 2.24 bits per heavy atom. The average molecular weight is 368 g/mol. The Balaban J connectivity index is 2.23. The summed E-state index contributed by atoms with van der Waals surface area (Å²) in [6.07, 6.45) is 12.2. The molecule has 0 aromatic heterocycles. The number of hydrogen-bond acceptors (Lipinski definition) is 2. The maximum absolute atomic E-state index is 11.4. The van der Waals surface area contributed by atoms with Gasteiger partial charge in [-0.1, -0.05) is 38.3 Å². The van der Waals surface area contributed by atoms with Crippen LogP contribution in [0.3, 0.4) is 0 Å². The van der Waals surface area contributed by atoms with Gasteiger partial charge in [-0.3, -0.25) is 4.79 Å². The molecule has 0 N–H and O–H groups in total. The molecule has 0 spiro atoms. The van der Waals surface area contributed by atoms with Crippen LogP contribution >= 0.6 is 28.5 Å². The summed E-state index contributed by atoms with van der Waals surface area (Å²) in [7, 11) is 0. The Kier molecular flexibility index (Phi) is 8.67.